The Balaban J connectivity index is 4.45. The van der Waals surface area contributed by atoms with Gasteiger partial charge in [0.1, 0.15) is 0 Å². The molecule has 0 saturated carbocycles. The molecule has 0 bridgehead atoms. The van der Waals surface area contributed by atoms with Gasteiger partial charge >= 0.3 is 22.8 Å². The quantitative estimate of drug-likeness (QED) is 0.282. The van der Waals surface area contributed by atoms with Crippen molar-refractivity contribution in [3.8, 4) is 0 Å². The summed E-state index contributed by atoms with van der Waals surface area (Å²) in [5.74, 6) is 0. The van der Waals surface area contributed by atoms with E-state index in [-0.39, 0.29) is 6.42 Å². The molecule has 0 aromatic heterocycles. The molecule has 0 saturated heterocycles. The Kier molecular flexibility index (Phi) is 6.64. The molecule has 0 atom stereocenters. The highest BCUT2D eigenvalue weighted by Crippen LogP contribution is 2.61. The van der Waals surface area contributed by atoms with Gasteiger partial charge in [0.05, 0.1) is 6.16 Å². The Morgan fingerprint density at radius 2 is 1.28 bits per heavy atom. The molecular weight excluding hydrogens is 309 g/mol. The van der Waals surface area contributed by atoms with Crippen LogP contribution in [-0.4, -0.2) is 40.9 Å². The summed E-state index contributed by atoms with van der Waals surface area (Å²) in [6.45, 7) is 0. The van der Waals surface area contributed by atoms with Gasteiger partial charge in [-0.25, -0.2) is 0 Å². The SMILES string of the molecule is O=P(O)(O)CC=CCCC(P(=O)(O)O)P(=O)(O)O. The number of allylic oxidation sites excluding steroid dienone is 2. The third kappa shape index (κ3) is 8.32. The van der Waals surface area contributed by atoms with Crippen LogP contribution in [0.1, 0.15) is 12.8 Å². The van der Waals surface area contributed by atoms with Crippen LogP contribution >= 0.6 is 22.8 Å². The van der Waals surface area contributed by atoms with Crippen LogP contribution in [0.25, 0.3) is 0 Å². The third-order valence-electron chi connectivity index (χ3n) is 1.88. The summed E-state index contributed by atoms with van der Waals surface area (Å²) in [5.41, 5.74) is 0. The molecule has 0 aliphatic heterocycles. The molecule has 0 aromatic carbocycles. The van der Waals surface area contributed by atoms with Crippen LogP contribution in [0.5, 0.6) is 0 Å². The molecule has 12 heteroatoms. The first-order valence-electron chi connectivity index (χ1n) is 4.64. The monoisotopic (exact) mass is 324 g/mol. The lowest BCUT2D eigenvalue weighted by atomic mass is 10.3. The molecule has 108 valence electrons. The molecule has 0 unspecified atom stereocenters. The molecule has 0 aliphatic rings. The molecule has 0 heterocycles. The molecule has 6 N–H and O–H groups in total. The van der Waals surface area contributed by atoms with Crippen molar-refractivity contribution < 1.29 is 43.1 Å². The van der Waals surface area contributed by atoms with Crippen molar-refractivity contribution in [3.63, 3.8) is 0 Å². The van der Waals surface area contributed by atoms with E-state index in [1.54, 1.807) is 0 Å². The molecule has 0 fully saturated rings. The second kappa shape index (κ2) is 6.57. The van der Waals surface area contributed by atoms with Gasteiger partial charge in [-0.05, 0) is 12.8 Å². The summed E-state index contributed by atoms with van der Waals surface area (Å²) >= 11 is 0. The smallest absolute Gasteiger partial charge is 0.324 e. The zero-order valence-electron chi connectivity index (χ0n) is 9.10. The van der Waals surface area contributed by atoms with Crippen molar-refractivity contribution in [2.45, 2.75) is 18.2 Å². The van der Waals surface area contributed by atoms with Crippen molar-refractivity contribution in [3.05, 3.63) is 12.2 Å². The van der Waals surface area contributed by atoms with Gasteiger partial charge in [0.25, 0.3) is 0 Å². The molecule has 0 radical (unpaired) electrons. The van der Waals surface area contributed by atoms with Gasteiger partial charge in [-0.2, -0.15) is 0 Å². The van der Waals surface area contributed by atoms with Crippen LogP contribution in [0.4, 0.5) is 0 Å². The van der Waals surface area contributed by atoms with Crippen LogP contribution in [-0.2, 0) is 13.7 Å². The van der Waals surface area contributed by atoms with Crippen LogP contribution < -0.4 is 0 Å². The molecular formula is C6H15O9P3. The van der Waals surface area contributed by atoms with E-state index in [2.05, 4.69) is 0 Å². The molecule has 0 rings (SSSR count). The minimum absolute atomic E-state index is 0.110. The predicted octanol–water partition coefficient (Wildman–Crippen LogP) is 0.182. The molecule has 0 amide bonds. The summed E-state index contributed by atoms with van der Waals surface area (Å²) < 4.78 is 32.2. The fraction of sp³-hybridized carbons (Fsp3) is 0.667. The van der Waals surface area contributed by atoms with E-state index in [4.69, 9.17) is 29.4 Å². The standard InChI is InChI=1S/C6H15O9P3/c7-16(8,9)5-3-1-2-4-6(17(10,11)12)18(13,14)15/h1,3,6H,2,4-5H2,(H2,7,8,9)(H2,10,11,12)(H2,13,14,15). The van der Waals surface area contributed by atoms with Crippen molar-refractivity contribution >= 4 is 22.8 Å². The zero-order valence-corrected chi connectivity index (χ0v) is 11.8. The number of hydrogen-bond donors (Lipinski definition) is 6. The van der Waals surface area contributed by atoms with Crippen LogP contribution in [0.2, 0.25) is 0 Å². The minimum atomic E-state index is -4.93. The van der Waals surface area contributed by atoms with E-state index in [0.29, 0.717) is 0 Å². The Morgan fingerprint density at radius 1 is 0.833 bits per heavy atom. The Hall–Kier alpha value is 0.190. The summed E-state index contributed by atoms with van der Waals surface area (Å²) in [6, 6.07) is 0. The summed E-state index contributed by atoms with van der Waals surface area (Å²) in [7, 11) is -14.0. The highest BCUT2D eigenvalue weighted by atomic mass is 31.2. The van der Waals surface area contributed by atoms with E-state index in [0.717, 1.165) is 6.08 Å². The van der Waals surface area contributed by atoms with E-state index < -0.39 is 40.8 Å². The van der Waals surface area contributed by atoms with Crippen LogP contribution in [0.15, 0.2) is 12.2 Å². The largest absolute Gasteiger partial charge is 0.340 e. The first kappa shape index (κ1) is 18.2. The number of rotatable bonds is 7. The molecule has 0 aliphatic carbocycles. The van der Waals surface area contributed by atoms with E-state index in [9.17, 15) is 13.7 Å². The maximum atomic E-state index is 10.9. The zero-order chi connectivity index (χ0) is 14.6. The molecule has 0 spiro atoms. The van der Waals surface area contributed by atoms with Gasteiger partial charge < -0.3 is 29.4 Å². The minimum Gasteiger partial charge on any atom is -0.324 e. The van der Waals surface area contributed by atoms with Gasteiger partial charge in [-0.3, -0.25) is 13.7 Å². The van der Waals surface area contributed by atoms with Gasteiger partial charge in [-0.15, -0.1) is 0 Å². The van der Waals surface area contributed by atoms with Gasteiger partial charge in [0.15, 0.2) is 5.40 Å². The third-order valence-corrected chi connectivity index (χ3v) is 6.44. The first-order valence-corrected chi connectivity index (χ1v) is 9.80. The lowest BCUT2D eigenvalue weighted by Crippen LogP contribution is -2.08. The van der Waals surface area contributed by atoms with Crippen molar-refractivity contribution in [1.29, 1.82) is 0 Å². The predicted molar refractivity (Wildman–Crippen MR) is 63.2 cm³/mol. The molecule has 0 aromatic rings. The Bertz CT molecular complexity index is 404. The maximum Gasteiger partial charge on any atom is 0.340 e. The van der Waals surface area contributed by atoms with Crippen molar-refractivity contribution in [1.82, 2.24) is 0 Å². The van der Waals surface area contributed by atoms with Gasteiger partial charge in [-0.1, -0.05) is 12.2 Å². The first-order chi connectivity index (χ1) is 7.84. The normalized spacial score (nSPS) is 14.6. The average molecular weight is 324 g/mol. The topological polar surface area (TPSA) is 173 Å². The summed E-state index contributed by atoms with van der Waals surface area (Å²) in [4.78, 5) is 52.1. The highest BCUT2D eigenvalue weighted by Gasteiger charge is 2.42. The number of hydrogen-bond acceptors (Lipinski definition) is 3. The van der Waals surface area contributed by atoms with Crippen LogP contribution in [0.3, 0.4) is 0 Å². The highest BCUT2D eigenvalue weighted by molar-refractivity contribution is 7.70. The Morgan fingerprint density at radius 3 is 1.61 bits per heavy atom. The van der Waals surface area contributed by atoms with Gasteiger partial charge in [0, 0.05) is 0 Å². The summed E-state index contributed by atoms with van der Waals surface area (Å²) in [5, 5.41) is -2.09. The fourth-order valence-corrected chi connectivity index (χ4v) is 4.07. The van der Waals surface area contributed by atoms with E-state index in [1.807, 2.05) is 0 Å². The fourth-order valence-electron chi connectivity index (χ4n) is 1.11. The summed E-state index contributed by atoms with van der Waals surface area (Å²) in [6.07, 6.45) is 1.17. The Labute approximate surface area is 103 Å². The van der Waals surface area contributed by atoms with E-state index >= 15 is 0 Å². The van der Waals surface area contributed by atoms with Crippen molar-refractivity contribution in [2.75, 3.05) is 6.16 Å². The second-order valence-corrected chi connectivity index (χ2v) is 9.26. The average Bonchev–Trinajstić information content (AvgIpc) is 2.04. The van der Waals surface area contributed by atoms with Crippen molar-refractivity contribution in [2.24, 2.45) is 0 Å². The molecule has 9 nitrogen and oxygen atoms in total. The van der Waals surface area contributed by atoms with E-state index in [1.165, 1.54) is 6.08 Å². The second-order valence-electron chi connectivity index (χ2n) is 3.55. The molecule has 18 heavy (non-hydrogen) atoms. The van der Waals surface area contributed by atoms with Crippen LogP contribution in [0, 0.1) is 0 Å². The van der Waals surface area contributed by atoms with Gasteiger partial charge in [0.2, 0.25) is 0 Å². The lowest BCUT2D eigenvalue weighted by Gasteiger charge is -2.18. The maximum absolute atomic E-state index is 10.9. The lowest BCUT2D eigenvalue weighted by molar-refractivity contribution is 0.335.